The van der Waals surface area contributed by atoms with E-state index in [2.05, 4.69) is 38.1 Å². The first-order valence-corrected chi connectivity index (χ1v) is 6.45. The van der Waals surface area contributed by atoms with Gasteiger partial charge in [0.25, 0.3) is 5.91 Å². The number of methoxy groups -OCH3 is 1. The highest BCUT2D eigenvalue weighted by atomic mass is 16.5. The Balaban J connectivity index is 2.73. The van der Waals surface area contributed by atoms with Gasteiger partial charge in [0.05, 0.1) is 0 Å². The Bertz CT molecular complexity index is 373. The SMILES string of the molecule is CCCN(Cc1ccc(C)cc1)C(=O)C(C)OC. The van der Waals surface area contributed by atoms with E-state index in [0.717, 1.165) is 18.5 Å². The van der Waals surface area contributed by atoms with Gasteiger partial charge in [-0.1, -0.05) is 36.8 Å². The highest BCUT2D eigenvalue weighted by molar-refractivity contribution is 5.80. The molecule has 1 unspecified atom stereocenters. The zero-order chi connectivity index (χ0) is 13.5. The molecule has 0 aromatic heterocycles. The molecule has 3 heteroatoms. The summed E-state index contributed by atoms with van der Waals surface area (Å²) >= 11 is 0. The molecule has 1 aromatic rings. The van der Waals surface area contributed by atoms with Crippen LogP contribution in [0.4, 0.5) is 0 Å². The molecule has 1 rings (SSSR count). The van der Waals surface area contributed by atoms with E-state index in [1.54, 1.807) is 14.0 Å². The van der Waals surface area contributed by atoms with Gasteiger partial charge in [-0.05, 0) is 25.8 Å². The van der Waals surface area contributed by atoms with Gasteiger partial charge in [-0.2, -0.15) is 0 Å². The molecule has 0 saturated heterocycles. The van der Waals surface area contributed by atoms with Crippen molar-refractivity contribution in [1.29, 1.82) is 0 Å². The lowest BCUT2D eigenvalue weighted by molar-refractivity contribution is -0.141. The van der Waals surface area contributed by atoms with Crippen LogP contribution >= 0.6 is 0 Å². The molecule has 3 nitrogen and oxygen atoms in total. The highest BCUT2D eigenvalue weighted by Gasteiger charge is 2.19. The topological polar surface area (TPSA) is 29.5 Å². The molecule has 0 aliphatic heterocycles. The number of carbonyl (C=O) groups excluding carboxylic acids is 1. The lowest BCUT2D eigenvalue weighted by Gasteiger charge is -2.25. The van der Waals surface area contributed by atoms with Crippen molar-refractivity contribution in [3.63, 3.8) is 0 Å². The second-order valence-corrected chi connectivity index (χ2v) is 4.62. The van der Waals surface area contributed by atoms with E-state index in [1.807, 2.05) is 4.90 Å². The van der Waals surface area contributed by atoms with Crippen molar-refractivity contribution in [1.82, 2.24) is 4.90 Å². The molecule has 1 aromatic carbocycles. The van der Waals surface area contributed by atoms with Crippen molar-refractivity contribution in [2.75, 3.05) is 13.7 Å². The molecule has 0 aliphatic carbocycles. The van der Waals surface area contributed by atoms with Crippen LogP contribution < -0.4 is 0 Å². The van der Waals surface area contributed by atoms with Crippen LogP contribution in [-0.4, -0.2) is 30.6 Å². The Morgan fingerprint density at radius 3 is 2.44 bits per heavy atom. The van der Waals surface area contributed by atoms with Crippen molar-refractivity contribution >= 4 is 5.91 Å². The van der Waals surface area contributed by atoms with Gasteiger partial charge in [0, 0.05) is 20.2 Å². The fourth-order valence-corrected chi connectivity index (χ4v) is 1.81. The summed E-state index contributed by atoms with van der Waals surface area (Å²) in [5, 5.41) is 0. The number of nitrogens with zero attached hydrogens (tertiary/aromatic N) is 1. The number of hydrogen-bond acceptors (Lipinski definition) is 2. The number of ether oxygens (including phenoxy) is 1. The summed E-state index contributed by atoms with van der Waals surface area (Å²) in [6.07, 6.45) is 0.579. The van der Waals surface area contributed by atoms with Crippen LogP contribution in [-0.2, 0) is 16.1 Å². The molecule has 0 bridgehead atoms. The van der Waals surface area contributed by atoms with Gasteiger partial charge in [0.2, 0.25) is 0 Å². The summed E-state index contributed by atoms with van der Waals surface area (Å²) in [7, 11) is 1.57. The van der Waals surface area contributed by atoms with Crippen LogP contribution in [0, 0.1) is 6.92 Å². The van der Waals surface area contributed by atoms with E-state index in [1.165, 1.54) is 5.56 Å². The minimum Gasteiger partial charge on any atom is -0.372 e. The molecular weight excluding hydrogens is 226 g/mol. The van der Waals surface area contributed by atoms with Crippen molar-refractivity contribution in [2.24, 2.45) is 0 Å². The largest absolute Gasteiger partial charge is 0.372 e. The molecule has 0 heterocycles. The van der Waals surface area contributed by atoms with E-state index in [9.17, 15) is 4.79 Å². The average molecular weight is 249 g/mol. The first-order valence-electron chi connectivity index (χ1n) is 6.45. The summed E-state index contributed by atoms with van der Waals surface area (Å²) in [5.74, 6) is 0.0555. The third-order valence-corrected chi connectivity index (χ3v) is 3.00. The van der Waals surface area contributed by atoms with Crippen LogP contribution in [0.15, 0.2) is 24.3 Å². The first kappa shape index (κ1) is 14.7. The standard InChI is InChI=1S/C15H23NO2/c1-5-10-16(15(17)13(3)18-4)11-14-8-6-12(2)7-9-14/h6-9,13H,5,10-11H2,1-4H3. The number of aryl methyl sites for hydroxylation is 1. The van der Waals surface area contributed by atoms with Gasteiger partial charge in [0.15, 0.2) is 0 Å². The molecule has 1 amide bonds. The third-order valence-electron chi connectivity index (χ3n) is 3.00. The van der Waals surface area contributed by atoms with Crippen molar-refractivity contribution in [2.45, 2.75) is 39.8 Å². The van der Waals surface area contributed by atoms with E-state index in [4.69, 9.17) is 4.74 Å². The zero-order valence-electron chi connectivity index (χ0n) is 11.8. The van der Waals surface area contributed by atoms with Gasteiger partial charge in [0.1, 0.15) is 6.10 Å². The summed E-state index contributed by atoms with van der Waals surface area (Å²) in [6, 6.07) is 8.29. The summed E-state index contributed by atoms with van der Waals surface area (Å²) < 4.78 is 5.10. The predicted molar refractivity (Wildman–Crippen MR) is 73.4 cm³/mol. The lowest BCUT2D eigenvalue weighted by Crippen LogP contribution is -2.38. The zero-order valence-corrected chi connectivity index (χ0v) is 11.8. The van der Waals surface area contributed by atoms with Gasteiger partial charge in [-0.15, -0.1) is 0 Å². The van der Waals surface area contributed by atoms with Crippen molar-refractivity contribution in [3.8, 4) is 0 Å². The Kier molecular flexibility index (Phi) is 5.86. The summed E-state index contributed by atoms with van der Waals surface area (Å²) in [4.78, 5) is 14.0. The van der Waals surface area contributed by atoms with Gasteiger partial charge >= 0.3 is 0 Å². The number of benzene rings is 1. The fraction of sp³-hybridized carbons (Fsp3) is 0.533. The fourth-order valence-electron chi connectivity index (χ4n) is 1.81. The summed E-state index contributed by atoms with van der Waals surface area (Å²) in [5.41, 5.74) is 2.39. The molecule has 0 spiro atoms. The van der Waals surface area contributed by atoms with E-state index in [-0.39, 0.29) is 12.0 Å². The Labute approximate surface area is 110 Å². The average Bonchev–Trinajstić information content (AvgIpc) is 2.39. The highest BCUT2D eigenvalue weighted by Crippen LogP contribution is 2.09. The normalized spacial score (nSPS) is 12.2. The molecule has 1 atom stereocenters. The molecule has 0 N–H and O–H groups in total. The van der Waals surface area contributed by atoms with E-state index in [0.29, 0.717) is 6.54 Å². The number of carbonyl (C=O) groups is 1. The Morgan fingerprint density at radius 2 is 1.94 bits per heavy atom. The van der Waals surface area contributed by atoms with Crippen LogP contribution in [0.25, 0.3) is 0 Å². The van der Waals surface area contributed by atoms with Gasteiger partial charge in [-0.25, -0.2) is 0 Å². The molecular formula is C15H23NO2. The van der Waals surface area contributed by atoms with Crippen LogP contribution in [0.3, 0.4) is 0 Å². The minimum absolute atomic E-state index is 0.0555. The molecule has 0 radical (unpaired) electrons. The first-order chi connectivity index (χ1) is 8.58. The summed E-state index contributed by atoms with van der Waals surface area (Å²) in [6.45, 7) is 7.35. The second-order valence-electron chi connectivity index (χ2n) is 4.62. The predicted octanol–water partition coefficient (Wildman–Crippen LogP) is 2.77. The maximum Gasteiger partial charge on any atom is 0.251 e. The van der Waals surface area contributed by atoms with Crippen LogP contribution in [0.5, 0.6) is 0 Å². The smallest absolute Gasteiger partial charge is 0.251 e. The maximum atomic E-state index is 12.1. The van der Waals surface area contributed by atoms with E-state index < -0.39 is 0 Å². The molecule has 0 fully saturated rings. The van der Waals surface area contributed by atoms with Crippen LogP contribution in [0.1, 0.15) is 31.4 Å². The molecule has 100 valence electrons. The Morgan fingerprint density at radius 1 is 1.33 bits per heavy atom. The molecule has 0 aliphatic rings. The number of hydrogen-bond donors (Lipinski definition) is 0. The lowest BCUT2D eigenvalue weighted by atomic mass is 10.1. The van der Waals surface area contributed by atoms with Crippen LogP contribution in [0.2, 0.25) is 0 Å². The minimum atomic E-state index is -0.373. The number of rotatable bonds is 6. The number of amides is 1. The third kappa shape index (κ3) is 4.15. The second kappa shape index (κ2) is 7.17. The quantitative estimate of drug-likeness (QED) is 0.776. The van der Waals surface area contributed by atoms with Gasteiger partial charge in [-0.3, -0.25) is 4.79 Å². The van der Waals surface area contributed by atoms with Crippen molar-refractivity contribution < 1.29 is 9.53 Å². The molecule has 18 heavy (non-hydrogen) atoms. The monoisotopic (exact) mass is 249 g/mol. The maximum absolute atomic E-state index is 12.1. The van der Waals surface area contributed by atoms with Gasteiger partial charge < -0.3 is 9.64 Å². The van der Waals surface area contributed by atoms with E-state index >= 15 is 0 Å². The Hall–Kier alpha value is -1.35. The van der Waals surface area contributed by atoms with Crippen molar-refractivity contribution in [3.05, 3.63) is 35.4 Å². The molecule has 0 saturated carbocycles.